The third-order valence-corrected chi connectivity index (χ3v) is 3.99. The van der Waals surface area contributed by atoms with E-state index in [-0.39, 0.29) is 12.4 Å². The molecule has 116 valence electrons. The predicted molar refractivity (Wildman–Crippen MR) is 90.0 cm³/mol. The highest BCUT2D eigenvalue weighted by Crippen LogP contribution is 2.21. The molecule has 0 amide bonds. The number of aromatic nitrogens is 2. The van der Waals surface area contributed by atoms with Gasteiger partial charge in [-0.15, -0.1) is 0 Å². The summed E-state index contributed by atoms with van der Waals surface area (Å²) in [5.41, 5.74) is 4.75. The van der Waals surface area contributed by atoms with Crippen molar-refractivity contribution in [2.75, 3.05) is 6.61 Å². The number of fused-ring (bicyclic) bond motifs is 1. The van der Waals surface area contributed by atoms with Gasteiger partial charge in [0.25, 0.3) is 0 Å². The van der Waals surface area contributed by atoms with E-state index in [1.54, 1.807) is 0 Å². The molecule has 0 bridgehead atoms. The third-order valence-electron chi connectivity index (χ3n) is 3.99. The van der Waals surface area contributed by atoms with Crippen molar-refractivity contribution >= 4 is 16.7 Å². The van der Waals surface area contributed by atoms with Gasteiger partial charge in [-0.3, -0.25) is 4.79 Å². The molecule has 4 nitrogen and oxygen atoms in total. The maximum absolute atomic E-state index is 12.5. The number of rotatable bonds is 4. The van der Waals surface area contributed by atoms with Crippen LogP contribution in [0.5, 0.6) is 5.88 Å². The summed E-state index contributed by atoms with van der Waals surface area (Å²) in [5, 5.41) is 0.805. The van der Waals surface area contributed by atoms with Crippen LogP contribution < -0.4 is 4.74 Å². The zero-order valence-corrected chi connectivity index (χ0v) is 13.5. The minimum atomic E-state index is -0.0479. The van der Waals surface area contributed by atoms with E-state index >= 15 is 0 Å². The number of Topliss-reactive ketones (excluding diaryl/α,β-unsaturated/α-hetero) is 1. The summed E-state index contributed by atoms with van der Waals surface area (Å²) in [5.74, 6) is 0.388. The van der Waals surface area contributed by atoms with Gasteiger partial charge < -0.3 is 4.74 Å². The summed E-state index contributed by atoms with van der Waals surface area (Å²) in [6.07, 6.45) is 1.45. The topological polar surface area (TPSA) is 52.1 Å². The number of ketones is 1. The lowest BCUT2D eigenvalue weighted by Gasteiger charge is -2.10. The Balaban J connectivity index is 1.83. The van der Waals surface area contributed by atoms with Gasteiger partial charge in [0.05, 0.1) is 10.9 Å². The second kappa shape index (κ2) is 6.16. The second-order valence-electron chi connectivity index (χ2n) is 5.66. The molecule has 0 aliphatic heterocycles. The summed E-state index contributed by atoms with van der Waals surface area (Å²) in [6, 6.07) is 11.5. The summed E-state index contributed by atoms with van der Waals surface area (Å²) in [7, 11) is 0. The van der Waals surface area contributed by atoms with E-state index in [1.165, 1.54) is 11.9 Å². The van der Waals surface area contributed by atoms with Crippen molar-refractivity contribution in [3.63, 3.8) is 0 Å². The number of benzene rings is 2. The van der Waals surface area contributed by atoms with E-state index in [1.807, 2.05) is 57.2 Å². The van der Waals surface area contributed by atoms with E-state index in [9.17, 15) is 4.79 Å². The van der Waals surface area contributed by atoms with Gasteiger partial charge in [-0.1, -0.05) is 18.2 Å². The van der Waals surface area contributed by atoms with Crippen molar-refractivity contribution in [2.24, 2.45) is 0 Å². The molecular weight excluding hydrogens is 288 g/mol. The van der Waals surface area contributed by atoms with Crippen LogP contribution in [-0.2, 0) is 0 Å². The van der Waals surface area contributed by atoms with E-state index in [0.29, 0.717) is 11.4 Å². The van der Waals surface area contributed by atoms with Crippen molar-refractivity contribution in [2.45, 2.75) is 20.8 Å². The fourth-order valence-electron chi connectivity index (χ4n) is 2.57. The van der Waals surface area contributed by atoms with Crippen LogP contribution in [-0.4, -0.2) is 22.4 Å². The lowest BCUT2D eigenvalue weighted by Crippen LogP contribution is -2.14. The Hall–Kier alpha value is -2.75. The maximum Gasteiger partial charge on any atom is 0.224 e. The molecule has 3 aromatic rings. The molecule has 23 heavy (non-hydrogen) atoms. The maximum atomic E-state index is 12.5. The lowest BCUT2D eigenvalue weighted by atomic mass is 9.98. The molecule has 0 unspecified atom stereocenters. The Morgan fingerprint density at radius 1 is 1.00 bits per heavy atom. The van der Waals surface area contributed by atoms with E-state index in [4.69, 9.17) is 4.74 Å². The minimum absolute atomic E-state index is 0.0374. The number of carbonyl (C=O) groups excluding carboxylic acids is 1. The first kappa shape index (κ1) is 15.2. The smallest absolute Gasteiger partial charge is 0.224 e. The number of ether oxygens (including phenoxy) is 1. The highest BCUT2D eigenvalue weighted by Gasteiger charge is 2.13. The van der Waals surface area contributed by atoms with E-state index < -0.39 is 0 Å². The highest BCUT2D eigenvalue weighted by atomic mass is 16.5. The Morgan fingerprint density at radius 2 is 1.74 bits per heavy atom. The first-order chi connectivity index (χ1) is 11.1. The monoisotopic (exact) mass is 306 g/mol. The first-order valence-corrected chi connectivity index (χ1v) is 7.50. The molecule has 1 aromatic heterocycles. The van der Waals surface area contributed by atoms with Crippen LogP contribution >= 0.6 is 0 Å². The lowest BCUT2D eigenvalue weighted by molar-refractivity contribution is 0.0918. The van der Waals surface area contributed by atoms with Crippen molar-refractivity contribution in [3.8, 4) is 5.88 Å². The molecule has 4 heteroatoms. The SMILES string of the molecule is Cc1cc(C)c(C(=O)COc2ncnc3ccccc23)cc1C. The van der Waals surface area contributed by atoms with E-state index in [2.05, 4.69) is 9.97 Å². The molecule has 3 rings (SSSR count). The van der Waals surface area contributed by atoms with Gasteiger partial charge in [-0.25, -0.2) is 9.97 Å². The van der Waals surface area contributed by atoms with Gasteiger partial charge in [0, 0.05) is 5.56 Å². The largest absolute Gasteiger partial charge is 0.469 e. The van der Waals surface area contributed by atoms with Crippen molar-refractivity contribution in [1.29, 1.82) is 0 Å². The van der Waals surface area contributed by atoms with Gasteiger partial charge in [0.1, 0.15) is 6.33 Å². The molecule has 0 N–H and O–H groups in total. The molecule has 0 fully saturated rings. The second-order valence-corrected chi connectivity index (χ2v) is 5.66. The molecular formula is C19H18N2O2. The molecule has 0 aliphatic rings. The van der Waals surface area contributed by atoms with Crippen molar-refractivity contribution in [3.05, 3.63) is 65.0 Å². The third kappa shape index (κ3) is 3.06. The Kier molecular flexibility index (Phi) is 4.06. The summed E-state index contributed by atoms with van der Waals surface area (Å²) >= 11 is 0. The van der Waals surface area contributed by atoms with Gasteiger partial charge in [0.2, 0.25) is 11.7 Å². The minimum Gasteiger partial charge on any atom is -0.469 e. The zero-order chi connectivity index (χ0) is 16.4. The van der Waals surface area contributed by atoms with Crippen LogP contribution in [0.2, 0.25) is 0 Å². The molecule has 0 atom stereocenters. The Bertz CT molecular complexity index is 882. The van der Waals surface area contributed by atoms with Crippen molar-refractivity contribution < 1.29 is 9.53 Å². The van der Waals surface area contributed by atoms with Crippen molar-refractivity contribution in [1.82, 2.24) is 9.97 Å². The number of aryl methyl sites for hydroxylation is 3. The average Bonchev–Trinajstić information content (AvgIpc) is 2.56. The van der Waals surface area contributed by atoms with E-state index in [0.717, 1.165) is 22.0 Å². The number of hydrogen-bond acceptors (Lipinski definition) is 4. The number of nitrogens with zero attached hydrogens (tertiary/aromatic N) is 2. The molecule has 0 saturated carbocycles. The predicted octanol–water partition coefficient (Wildman–Crippen LogP) is 3.82. The van der Waals surface area contributed by atoms with Crippen LogP contribution in [0, 0.1) is 20.8 Å². The van der Waals surface area contributed by atoms with Crippen LogP contribution in [0.1, 0.15) is 27.0 Å². The summed E-state index contributed by atoms with van der Waals surface area (Å²) in [4.78, 5) is 20.8. The molecule has 0 aliphatic carbocycles. The number of para-hydroxylation sites is 1. The average molecular weight is 306 g/mol. The molecule has 0 saturated heterocycles. The van der Waals surface area contributed by atoms with Crippen LogP contribution in [0.15, 0.2) is 42.7 Å². The fraction of sp³-hybridized carbons (Fsp3) is 0.211. The van der Waals surface area contributed by atoms with Crippen LogP contribution in [0.25, 0.3) is 10.9 Å². The van der Waals surface area contributed by atoms with Gasteiger partial charge in [-0.2, -0.15) is 0 Å². The van der Waals surface area contributed by atoms with Crippen LogP contribution in [0.3, 0.4) is 0 Å². The Labute approximate surface area is 135 Å². The molecule has 2 aromatic carbocycles. The van der Waals surface area contributed by atoms with Gasteiger partial charge in [0.15, 0.2) is 6.61 Å². The zero-order valence-electron chi connectivity index (χ0n) is 13.5. The van der Waals surface area contributed by atoms with Gasteiger partial charge in [-0.05, 0) is 55.7 Å². The standard InChI is InChI=1S/C19H18N2O2/c1-12-8-14(3)16(9-13(12)2)18(22)10-23-19-15-6-4-5-7-17(15)20-11-21-19/h4-9,11H,10H2,1-3H3. The number of carbonyl (C=O) groups is 1. The van der Waals surface area contributed by atoms with Crippen LogP contribution in [0.4, 0.5) is 0 Å². The summed E-state index contributed by atoms with van der Waals surface area (Å²) in [6.45, 7) is 5.95. The first-order valence-electron chi connectivity index (χ1n) is 7.50. The summed E-state index contributed by atoms with van der Waals surface area (Å²) < 4.78 is 5.66. The quantitative estimate of drug-likeness (QED) is 0.688. The molecule has 0 radical (unpaired) electrons. The normalized spacial score (nSPS) is 10.7. The number of hydrogen-bond donors (Lipinski definition) is 0. The molecule has 0 spiro atoms. The fourth-order valence-corrected chi connectivity index (χ4v) is 2.57. The molecule has 1 heterocycles. The van der Waals surface area contributed by atoms with Gasteiger partial charge >= 0.3 is 0 Å². The Morgan fingerprint density at radius 3 is 2.57 bits per heavy atom. The highest BCUT2D eigenvalue weighted by molar-refractivity contribution is 5.99.